The van der Waals surface area contributed by atoms with Crippen LogP contribution in [0.5, 0.6) is 0 Å². The van der Waals surface area contributed by atoms with Crippen LogP contribution in [0, 0.1) is 0 Å². The fraction of sp³-hybridized carbons (Fsp3) is 0.0222. The lowest BCUT2D eigenvalue weighted by Crippen LogP contribution is -2.24. The molecule has 7 aromatic rings. The zero-order valence-corrected chi connectivity index (χ0v) is 25.7. The van der Waals surface area contributed by atoms with Crippen LogP contribution in [0.3, 0.4) is 0 Å². The molecule has 0 radical (unpaired) electrons. The number of rotatable bonds is 7. The maximum absolute atomic E-state index is 4.55. The van der Waals surface area contributed by atoms with Gasteiger partial charge in [0.25, 0.3) is 0 Å². The van der Waals surface area contributed by atoms with Gasteiger partial charge in [0, 0.05) is 16.8 Å². The Hall–Kier alpha value is -5.92. The van der Waals surface area contributed by atoms with Crippen molar-refractivity contribution in [3.8, 4) is 11.1 Å². The van der Waals surface area contributed by atoms with Gasteiger partial charge in [-0.25, -0.2) is 0 Å². The van der Waals surface area contributed by atoms with Crippen LogP contribution < -0.4 is 4.90 Å². The molecule has 1 aliphatic carbocycles. The number of fused-ring (bicyclic) bond motifs is 7. The first-order valence-corrected chi connectivity index (χ1v) is 15.7. The van der Waals surface area contributed by atoms with E-state index >= 15 is 0 Å². The molecule has 0 N–H and O–H groups in total. The Balaban J connectivity index is 1.52. The van der Waals surface area contributed by atoms with E-state index in [2.05, 4.69) is 176 Å². The summed E-state index contributed by atoms with van der Waals surface area (Å²) >= 11 is 0. The summed E-state index contributed by atoms with van der Waals surface area (Å²) in [5.74, 6) is 0. The maximum atomic E-state index is 4.55. The molecular formula is C45H33N. The molecule has 0 aliphatic heterocycles. The van der Waals surface area contributed by atoms with Crippen molar-refractivity contribution in [2.75, 3.05) is 4.90 Å². The van der Waals surface area contributed by atoms with Gasteiger partial charge in [-0.1, -0.05) is 147 Å². The van der Waals surface area contributed by atoms with Crippen molar-refractivity contribution in [3.05, 3.63) is 199 Å². The van der Waals surface area contributed by atoms with Gasteiger partial charge < -0.3 is 4.90 Å². The average Bonchev–Trinajstić information content (AvgIpc) is 3.43. The SMILES string of the molecule is C=Cc1ccc(N(c2ccc(C=C)cc2)c2cc3c(c4ccccc24)-c2c(ccc4ccccc24)C3(C=C)c2ccccc2)cc1. The van der Waals surface area contributed by atoms with Gasteiger partial charge in [0.15, 0.2) is 0 Å². The topological polar surface area (TPSA) is 3.24 Å². The zero-order valence-electron chi connectivity index (χ0n) is 25.7. The molecule has 1 nitrogen and oxygen atoms in total. The Morgan fingerprint density at radius 1 is 0.478 bits per heavy atom. The molecule has 218 valence electrons. The summed E-state index contributed by atoms with van der Waals surface area (Å²) in [6, 6.07) is 52.7. The highest BCUT2D eigenvalue weighted by atomic mass is 15.1. The Bertz CT molecular complexity index is 2240. The summed E-state index contributed by atoms with van der Waals surface area (Å²) in [7, 11) is 0. The van der Waals surface area contributed by atoms with Crippen LogP contribution in [-0.2, 0) is 5.41 Å². The number of allylic oxidation sites excluding steroid dienone is 1. The monoisotopic (exact) mass is 587 g/mol. The molecule has 0 heterocycles. The van der Waals surface area contributed by atoms with E-state index in [1.807, 2.05) is 12.2 Å². The molecule has 0 fully saturated rings. The molecule has 1 atom stereocenters. The molecule has 0 spiro atoms. The van der Waals surface area contributed by atoms with Crippen molar-refractivity contribution in [2.24, 2.45) is 0 Å². The number of benzene rings is 7. The molecule has 0 bridgehead atoms. The summed E-state index contributed by atoms with van der Waals surface area (Å²) in [5.41, 5.74) is 11.2. The molecule has 7 aromatic carbocycles. The lowest BCUT2D eigenvalue weighted by Gasteiger charge is -2.32. The zero-order chi connectivity index (χ0) is 31.3. The first kappa shape index (κ1) is 27.6. The molecular weight excluding hydrogens is 555 g/mol. The van der Waals surface area contributed by atoms with Gasteiger partial charge in [0.1, 0.15) is 0 Å². The van der Waals surface area contributed by atoms with Gasteiger partial charge in [-0.05, 0) is 85.4 Å². The predicted molar refractivity (Wildman–Crippen MR) is 198 cm³/mol. The van der Waals surface area contributed by atoms with Crippen molar-refractivity contribution < 1.29 is 0 Å². The standard InChI is InChI=1S/C45H33N/c1-4-31-20-25-35(26-21-31)46(36-27-22-32(5-2)23-28-36)42-30-41-44(39-19-13-12-18-38(39)42)43-37-17-11-10-14-33(37)24-29-40(43)45(41,6-3)34-15-8-7-9-16-34/h4-30H,1-3H2. The Morgan fingerprint density at radius 2 is 1.02 bits per heavy atom. The van der Waals surface area contributed by atoms with Crippen LogP contribution in [-0.4, -0.2) is 0 Å². The van der Waals surface area contributed by atoms with E-state index in [4.69, 9.17) is 0 Å². The van der Waals surface area contributed by atoms with E-state index < -0.39 is 5.41 Å². The summed E-state index contributed by atoms with van der Waals surface area (Å²) in [6.07, 6.45) is 5.93. The van der Waals surface area contributed by atoms with Crippen LogP contribution in [0.4, 0.5) is 17.1 Å². The predicted octanol–water partition coefficient (Wildman–Crippen LogP) is 12.2. The van der Waals surface area contributed by atoms with Gasteiger partial charge in [-0.2, -0.15) is 0 Å². The molecule has 8 rings (SSSR count). The lowest BCUT2D eigenvalue weighted by atomic mass is 9.72. The largest absolute Gasteiger partial charge is 0.310 e. The minimum atomic E-state index is -0.542. The number of hydrogen-bond donors (Lipinski definition) is 0. The highest BCUT2D eigenvalue weighted by molar-refractivity contribution is 6.15. The second-order valence-corrected chi connectivity index (χ2v) is 11.9. The molecule has 1 aliphatic rings. The molecule has 0 amide bonds. The van der Waals surface area contributed by atoms with E-state index in [-0.39, 0.29) is 0 Å². The number of anilines is 3. The molecule has 0 saturated carbocycles. The molecule has 1 unspecified atom stereocenters. The highest BCUT2D eigenvalue weighted by Gasteiger charge is 2.44. The van der Waals surface area contributed by atoms with Gasteiger partial charge in [0.2, 0.25) is 0 Å². The molecule has 0 aromatic heterocycles. The number of nitrogens with zero attached hydrogens (tertiary/aromatic N) is 1. The van der Waals surface area contributed by atoms with E-state index in [1.54, 1.807) is 0 Å². The molecule has 46 heavy (non-hydrogen) atoms. The fourth-order valence-corrected chi connectivity index (χ4v) is 7.43. The van der Waals surface area contributed by atoms with Gasteiger partial charge in [0.05, 0.1) is 11.1 Å². The van der Waals surface area contributed by atoms with Crippen molar-refractivity contribution in [3.63, 3.8) is 0 Å². The van der Waals surface area contributed by atoms with Crippen LogP contribution >= 0.6 is 0 Å². The molecule has 1 heteroatoms. The van der Waals surface area contributed by atoms with Crippen molar-refractivity contribution in [1.82, 2.24) is 0 Å². The third kappa shape index (κ3) is 4.02. The van der Waals surface area contributed by atoms with Crippen LogP contribution in [0.1, 0.15) is 27.8 Å². The van der Waals surface area contributed by atoms with E-state index in [1.165, 1.54) is 49.4 Å². The Kier molecular flexibility index (Phi) is 6.55. The second kappa shape index (κ2) is 10.9. The van der Waals surface area contributed by atoms with E-state index in [0.29, 0.717) is 0 Å². The smallest absolute Gasteiger partial charge is 0.0642 e. The summed E-state index contributed by atoms with van der Waals surface area (Å²) in [6.45, 7) is 12.5. The minimum Gasteiger partial charge on any atom is -0.310 e. The van der Waals surface area contributed by atoms with Gasteiger partial charge in [-0.3, -0.25) is 0 Å². The normalized spacial score (nSPS) is 14.9. The summed E-state index contributed by atoms with van der Waals surface area (Å²) in [4.78, 5) is 2.38. The van der Waals surface area contributed by atoms with Crippen molar-refractivity contribution in [2.45, 2.75) is 5.41 Å². The van der Waals surface area contributed by atoms with Crippen LogP contribution in [0.25, 0.3) is 44.8 Å². The first-order chi connectivity index (χ1) is 22.7. The molecule has 0 saturated heterocycles. The highest BCUT2D eigenvalue weighted by Crippen LogP contribution is 2.59. The second-order valence-electron chi connectivity index (χ2n) is 11.9. The number of hydrogen-bond acceptors (Lipinski definition) is 1. The third-order valence-corrected chi connectivity index (χ3v) is 9.60. The Morgan fingerprint density at radius 3 is 1.63 bits per heavy atom. The van der Waals surface area contributed by atoms with Crippen LogP contribution in [0.2, 0.25) is 0 Å². The van der Waals surface area contributed by atoms with E-state index in [9.17, 15) is 0 Å². The van der Waals surface area contributed by atoms with Gasteiger partial charge >= 0.3 is 0 Å². The van der Waals surface area contributed by atoms with Crippen LogP contribution in [0.15, 0.2) is 171 Å². The summed E-state index contributed by atoms with van der Waals surface area (Å²) < 4.78 is 0. The lowest BCUT2D eigenvalue weighted by molar-refractivity contribution is 0.808. The minimum absolute atomic E-state index is 0.542. The fourth-order valence-electron chi connectivity index (χ4n) is 7.43. The van der Waals surface area contributed by atoms with Crippen molar-refractivity contribution >= 4 is 50.8 Å². The quantitative estimate of drug-likeness (QED) is 0.168. The van der Waals surface area contributed by atoms with Crippen molar-refractivity contribution in [1.29, 1.82) is 0 Å². The summed E-state index contributed by atoms with van der Waals surface area (Å²) in [5, 5.41) is 4.91. The third-order valence-electron chi connectivity index (χ3n) is 9.60. The average molecular weight is 588 g/mol. The van der Waals surface area contributed by atoms with E-state index in [0.717, 1.165) is 28.2 Å². The Labute approximate surface area is 270 Å². The first-order valence-electron chi connectivity index (χ1n) is 15.7. The maximum Gasteiger partial charge on any atom is 0.0642 e. The van der Waals surface area contributed by atoms with Gasteiger partial charge in [-0.15, -0.1) is 6.58 Å².